The number of pyridine rings is 1. The van der Waals surface area contributed by atoms with Crippen LogP contribution in [0.4, 0.5) is 0 Å². The molecule has 0 radical (unpaired) electrons. The highest BCUT2D eigenvalue weighted by Gasteiger charge is 2.46. The fraction of sp³-hybridized carbons (Fsp3) is 0.222. The number of aromatic nitrogens is 1. The van der Waals surface area contributed by atoms with E-state index in [1.54, 1.807) is 67.0 Å². The van der Waals surface area contributed by atoms with Crippen LogP contribution in [0.25, 0.3) is 5.76 Å². The molecule has 0 spiro atoms. The van der Waals surface area contributed by atoms with E-state index < -0.39 is 17.7 Å². The summed E-state index contributed by atoms with van der Waals surface area (Å²) >= 11 is 12.4. The zero-order valence-electron chi connectivity index (χ0n) is 19.2. The van der Waals surface area contributed by atoms with Crippen LogP contribution < -0.4 is 4.74 Å². The molecule has 1 saturated heterocycles. The molecule has 0 bridgehead atoms. The molecule has 0 saturated carbocycles. The topological polar surface area (TPSA) is 79.7 Å². The van der Waals surface area contributed by atoms with Gasteiger partial charge in [0.15, 0.2) is 0 Å². The zero-order valence-corrected chi connectivity index (χ0v) is 20.8. The van der Waals surface area contributed by atoms with Crippen molar-refractivity contribution in [3.8, 4) is 5.75 Å². The van der Waals surface area contributed by atoms with Crippen LogP contribution in [0.5, 0.6) is 5.75 Å². The molecule has 1 aliphatic rings. The Morgan fingerprint density at radius 1 is 1.06 bits per heavy atom. The number of nitrogens with zero attached hydrogens (tertiary/aromatic N) is 2. The smallest absolute Gasteiger partial charge is 0.295 e. The number of carbonyl (C=O) groups excluding carboxylic acids is 2. The molecule has 1 N–H and O–H groups in total. The first-order chi connectivity index (χ1) is 16.8. The fourth-order valence-electron chi connectivity index (χ4n) is 3.91. The molecule has 1 aliphatic heterocycles. The van der Waals surface area contributed by atoms with Gasteiger partial charge >= 0.3 is 0 Å². The lowest BCUT2D eigenvalue weighted by Gasteiger charge is -2.25. The van der Waals surface area contributed by atoms with Crippen molar-refractivity contribution >= 4 is 40.7 Å². The van der Waals surface area contributed by atoms with Gasteiger partial charge in [-0.05, 0) is 53.4 Å². The average molecular weight is 511 g/mol. The Morgan fingerprint density at radius 3 is 2.49 bits per heavy atom. The van der Waals surface area contributed by atoms with Crippen molar-refractivity contribution in [1.82, 2.24) is 9.88 Å². The number of aliphatic hydroxyl groups excluding tert-OH is 1. The van der Waals surface area contributed by atoms with Crippen LogP contribution in [-0.4, -0.2) is 33.3 Å². The van der Waals surface area contributed by atoms with E-state index in [1.165, 1.54) is 4.90 Å². The first-order valence-electron chi connectivity index (χ1n) is 11.1. The third-order valence-electron chi connectivity index (χ3n) is 5.59. The minimum absolute atomic E-state index is 0.0246. The standard InChI is InChI=1S/C27H24Cl2N2O4/c1-16(2)15-35-20-5-3-4-19(12-20)25(32)23-24(18-6-7-21(28)22(29)13-18)31(27(34)26(23)33)14-17-8-10-30-11-9-17/h3-13,16,24,32H,14-15H2,1-2H3/b25-23-. The van der Waals surface area contributed by atoms with Crippen LogP contribution in [0, 0.1) is 5.92 Å². The third kappa shape index (κ3) is 5.34. The summed E-state index contributed by atoms with van der Waals surface area (Å²) in [6, 6.07) is 14.4. The van der Waals surface area contributed by atoms with E-state index in [2.05, 4.69) is 4.98 Å². The summed E-state index contributed by atoms with van der Waals surface area (Å²) in [5.74, 6) is -0.903. The zero-order chi connectivity index (χ0) is 25.1. The summed E-state index contributed by atoms with van der Waals surface area (Å²) < 4.78 is 5.78. The average Bonchev–Trinajstić information content (AvgIpc) is 3.09. The highest BCUT2D eigenvalue weighted by Crippen LogP contribution is 2.42. The number of Topliss-reactive ketones (excluding diaryl/α,β-unsaturated/α-hetero) is 1. The molecule has 6 nitrogen and oxygen atoms in total. The molecule has 1 aromatic heterocycles. The fourth-order valence-corrected chi connectivity index (χ4v) is 4.22. The van der Waals surface area contributed by atoms with Crippen LogP contribution in [0.3, 0.4) is 0 Å². The van der Waals surface area contributed by atoms with Crippen LogP contribution in [-0.2, 0) is 16.1 Å². The molecule has 180 valence electrons. The van der Waals surface area contributed by atoms with Gasteiger partial charge in [-0.3, -0.25) is 14.6 Å². The Kier molecular flexibility index (Phi) is 7.43. The SMILES string of the molecule is CC(C)COc1cccc(/C(O)=C2/C(=O)C(=O)N(Cc3ccncc3)C2c2ccc(Cl)c(Cl)c2)c1. The second kappa shape index (κ2) is 10.5. The van der Waals surface area contributed by atoms with E-state index in [0.29, 0.717) is 34.4 Å². The number of hydrogen-bond acceptors (Lipinski definition) is 5. The van der Waals surface area contributed by atoms with Gasteiger partial charge in [0.25, 0.3) is 11.7 Å². The number of aliphatic hydroxyl groups is 1. The second-order valence-corrected chi connectivity index (χ2v) is 9.50. The normalized spacial score (nSPS) is 17.3. The largest absolute Gasteiger partial charge is 0.507 e. The molecule has 2 aromatic carbocycles. The number of likely N-dealkylation sites (tertiary alicyclic amines) is 1. The van der Waals surface area contributed by atoms with Gasteiger partial charge in [0, 0.05) is 24.5 Å². The maximum absolute atomic E-state index is 13.2. The summed E-state index contributed by atoms with van der Waals surface area (Å²) in [6.07, 6.45) is 3.23. The lowest BCUT2D eigenvalue weighted by molar-refractivity contribution is -0.140. The first-order valence-corrected chi connectivity index (χ1v) is 11.9. The van der Waals surface area contributed by atoms with Gasteiger partial charge < -0.3 is 14.7 Å². The predicted molar refractivity (Wildman–Crippen MR) is 135 cm³/mol. The number of halogens is 2. The monoisotopic (exact) mass is 510 g/mol. The second-order valence-electron chi connectivity index (χ2n) is 8.69. The Balaban J connectivity index is 1.82. The summed E-state index contributed by atoms with van der Waals surface area (Å²) in [5.41, 5.74) is 1.69. The number of rotatable bonds is 7. The molecule has 2 heterocycles. The van der Waals surface area contributed by atoms with E-state index in [1.807, 2.05) is 13.8 Å². The molecule has 8 heteroatoms. The lowest BCUT2D eigenvalue weighted by Crippen LogP contribution is -2.29. The Bertz CT molecular complexity index is 1290. The van der Waals surface area contributed by atoms with Crippen molar-refractivity contribution in [2.45, 2.75) is 26.4 Å². The van der Waals surface area contributed by atoms with Crippen molar-refractivity contribution in [2.75, 3.05) is 6.61 Å². The van der Waals surface area contributed by atoms with Gasteiger partial charge in [0.05, 0.1) is 28.3 Å². The molecule has 3 aromatic rings. The van der Waals surface area contributed by atoms with E-state index in [4.69, 9.17) is 27.9 Å². The van der Waals surface area contributed by atoms with Crippen molar-refractivity contribution in [3.63, 3.8) is 0 Å². The number of benzene rings is 2. The number of hydrogen-bond donors (Lipinski definition) is 1. The number of ether oxygens (including phenoxy) is 1. The highest BCUT2D eigenvalue weighted by molar-refractivity contribution is 6.46. The molecule has 0 aliphatic carbocycles. The molecule has 1 atom stereocenters. The van der Waals surface area contributed by atoms with Crippen molar-refractivity contribution < 1.29 is 19.4 Å². The third-order valence-corrected chi connectivity index (χ3v) is 6.33. The van der Waals surface area contributed by atoms with Crippen molar-refractivity contribution in [1.29, 1.82) is 0 Å². The lowest BCUT2D eigenvalue weighted by atomic mass is 9.95. The van der Waals surface area contributed by atoms with E-state index in [0.717, 1.165) is 5.56 Å². The van der Waals surface area contributed by atoms with Gasteiger partial charge in [-0.2, -0.15) is 0 Å². The molecule has 1 fully saturated rings. The minimum atomic E-state index is -0.863. The first kappa shape index (κ1) is 24.8. The molecular formula is C27H24Cl2N2O4. The van der Waals surface area contributed by atoms with E-state index in [9.17, 15) is 14.7 Å². The number of ketones is 1. The Morgan fingerprint density at radius 2 is 1.80 bits per heavy atom. The van der Waals surface area contributed by atoms with Crippen LogP contribution in [0.15, 0.2) is 72.6 Å². The number of carbonyl (C=O) groups is 2. The Labute approximate surface area is 213 Å². The van der Waals surface area contributed by atoms with E-state index >= 15 is 0 Å². The molecular weight excluding hydrogens is 487 g/mol. The predicted octanol–water partition coefficient (Wildman–Crippen LogP) is 6.05. The van der Waals surface area contributed by atoms with Crippen LogP contribution in [0.2, 0.25) is 10.0 Å². The van der Waals surface area contributed by atoms with Gasteiger partial charge in [-0.25, -0.2) is 0 Å². The van der Waals surface area contributed by atoms with Crippen LogP contribution >= 0.6 is 23.2 Å². The Hall–Kier alpha value is -3.35. The maximum atomic E-state index is 13.2. The van der Waals surface area contributed by atoms with Crippen LogP contribution in [0.1, 0.15) is 36.6 Å². The van der Waals surface area contributed by atoms with Crippen molar-refractivity contribution in [3.05, 3.63) is 99.3 Å². The highest BCUT2D eigenvalue weighted by atomic mass is 35.5. The van der Waals surface area contributed by atoms with E-state index in [-0.39, 0.29) is 22.9 Å². The number of amides is 1. The molecule has 1 unspecified atom stereocenters. The molecule has 4 rings (SSSR count). The molecule has 1 amide bonds. The summed E-state index contributed by atoms with van der Waals surface area (Å²) in [4.78, 5) is 31.8. The summed E-state index contributed by atoms with van der Waals surface area (Å²) in [7, 11) is 0. The quantitative estimate of drug-likeness (QED) is 0.238. The summed E-state index contributed by atoms with van der Waals surface area (Å²) in [5, 5.41) is 11.9. The van der Waals surface area contributed by atoms with Gasteiger partial charge in [-0.1, -0.05) is 55.2 Å². The maximum Gasteiger partial charge on any atom is 0.295 e. The van der Waals surface area contributed by atoms with Crippen molar-refractivity contribution in [2.24, 2.45) is 5.92 Å². The van der Waals surface area contributed by atoms with Gasteiger partial charge in [0.2, 0.25) is 0 Å². The van der Waals surface area contributed by atoms with Gasteiger partial charge in [0.1, 0.15) is 11.5 Å². The minimum Gasteiger partial charge on any atom is -0.507 e. The summed E-state index contributed by atoms with van der Waals surface area (Å²) in [6.45, 7) is 4.72. The van der Waals surface area contributed by atoms with Gasteiger partial charge in [-0.15, -0.1) is 0 Å². The molecule has 35 heavy (non-hydrogen) atoms.